The number of rotatable bonds is 3. The summed E-state index contributed by atoms with van der Waals surface area (Å²) in [6.07, 6.45) is 0. The highest BCUT2D eigenvalue weighted by Gasteiger charge is 2.14. The minimum atomic E-state index is -0.168. The predicted molar refractivity (Wildman–Crippen MR) is 82.9 cm³/mol. The SMILES string of the molecule is Cc1ccc(C(=O)NC(C)c2ccccc2Cl)cc1N. The number of nitrogens with two attached hydrogens (primary N) is 1. The number of nitrogens with one attached hydrogen (secondary N) is 1. The summed E-state index contributed by atoms with van der Waals surface area (Å²) >= 11 is 6.12. The average molecular weight is 289 g/mol. The molecule has 0 aliphatic carbocycles. The van der Waals surface area contributed by atoms with Crippen LogP contribution >= 0.6 is 11.6 Å². The van der Waals surface area contributed by atoms with Gasteiger partial charge in [0, 0.05) is 16.3 Å². The molecule has 2 rings (SSSR count). The smallest absolute Gasteiger partial charge is 0.251 e. The Kier molecular flexibility index (Phi) is 4.30. The largest absolute Gasteiger partial charge is 0.398 e. The molecule has 2 aromatic carbocycles. The van der Waals surface area contributed by atoms with Crippen LogP contribution in [0.25, 0.3) is 0 Å². The van der Waals surface area contributed by atoms with Crippen molar-refractivity contribution < 1.29 is 4.79 Å². The number of amides is 1. The van der Waals surface area contributed by atoms with Gasteiger partial charge in [-0.15, -0.1) is 0 Å². The van der Waals surface area contributed by atoms with E-state index in [1.165, 1.54) is 0 Å². The van der Waals surface area contributed by atoms with Crippen molar-refractivity contribution >= 4 is 23.2 Å². The highest BCUT2D eigenvalue weighted by molar-refractivity contribution is 6.31. The molecular weight excluding hydrogens is 272 g/mol. The van der Waals surface area contributed by atoms with Crippen LogP contribution in [-0.2, 0) is 0 Å². The number of nitrogen functional groups attached to an aromatic ring is 1. The van der Waals surface area contributed by atoms with Crippen molar-refractivity contribution in [2.24, 2.45) is 0 Å². The number of anilines is 1. The van der Waals surface area contributed by atoms with Gasteiger partial charge in [-0.1, -0.05) is 35.9 Å². The topological polar surface area (TPSA) is 55.1 Å². The second-order valence-corrected chi connectivity index (χ2v) is 5.20. The normalized spacial score (nSPS) is 11.9. The van der Waals surface area contributed by atoms with E-state index in [2.05, 4.69) is 5.32 Å². The number of hydrogen-bond acceptors (Lipinski definition) is 2. The molecular formula is C16H17ClN2O. The molecule has 0 fully saturated rings. The molecule has 1 unspecified atom stereocenters. The summed E-state index contributed by atoms with van der Waals surface area (Å²) in [5, 5.41) is 3.56. The Morgan fingerprint density at radius 2 is 1.95 bits per heavy atom. The third kappa shape index (κ3) is 3.11. The number of carbonyl (C=O) groups excluding carboxylic acids is 1. The van der Waals surface area contributed by atoms with Gasteiger partial charge in [0.25, 0.3) is 5.91 Å². The first-order chi connectivity index (χ1) is 9.49. The Labute approximate surface area is 123 Å². The molecule has 104 valence electrons. The van der Waals surface area contributed by atoms with Crippen molar-refractivity contribution in [2.45, 2.75) is 19.9 Å². The second kappa shape index (κ2) is 5.97. The van der Waals surface area contributed by atoms with Crippen molar-refractivity contribution in [3.8, 4) is 0 Å². The van der Waals surface area contributed by atoms with Gasteiger partial charge in [-0.3, -0.25) is 4.79 Å². The van der Waals surface area contributed by atoms with Crippen molar-refractivity contribution in [1.29, 1.82) is 0 Å². The van der Waals surface area contributed by atoms with Crippen molar-refractivity contribution in [3.63, 3.8) is 0 Å². The molecule has 0 bridgehead atoms. The fraction of sp³-hybridized carbons (Fsp3) is 0.188. The summed E-state index contributed by atoms with van der Waals surface area (Å²) in [4.78, 5) is 12.2. The molecule has 3 N–H and O–H groups in total. The van der Waals surface area contributed by atoms with Gasteiger partial charge in [-0.05, 0) is 43.2 Å². The molecule has 20 heavy (non-hydrogen) atoms. The molecule has 0 aliphatic rings. The molecule has 0 saturated carbocycles. The van der Waals surface area contributed by atoms with Gasteiger partial charge >= 0.3 is 0 Å². The first-order valence-electron chi connectivity index (χ1n) is 6.40. The summed E-state index contributed by atoms with van der Waals surface area (Å²) < 4.78 is 0. The van der Waals surface area contributed by atoms with Crippen LogP contribution in [0, 0.1) is 6.92 Å². The third-order valence-corrected chi connectivity index (χ3v) is 3.60. The van der Waals surface area contributed by atoms with E-state index in [4.69, 9.17) is 17.3 Å². The maximum Gasteiger partial charge on any atom is 0.251 e. The minimum Gasteiger partial charge on any atom is -0.398 e. The van der Waals surface area contributed by atoms with Crippen LogP contribution in [0.3, 0.4) is 0 Å². The highest BCUT2D eigenvalue weighted by atomic mass is 35.5. The Bertz CT molecular complexity index is 640. The quantitative estimate of drug-likeness (QED) is 0.846. The van der Waals surface area contributed by atoms with E-state index in [0.29, 0.717) is 16.3 Å². The first-order valence-corrected chi connectivity index (χ1v) is 6.78. The lowest BCUT2D eigenvalue weighted by atomic mass is 10.1. The first kappa shape index (κ1) is 14.4. The van der Waals surface area contributed by atoms with Gasteiger partial charge in [-0.25, -0.2) is 0 Å². The van der Waals surface area contributed by atoms with Crippen LogP contribution in [0.4, 0.5) is 5.69 Å². The van der Waals surface area contributed by atoms with Gasteiger partial charge in [0.1, 0.15) is 0 Å². The molecule has 0 aromatic heterocycles. The van der Waals surface area contributed by atoms with Gasteiger partial charge < -0.3 is 11.1 Å². The summed E-state index contributed by atoms with van der Waals surface area (Å²) in [6.45, 7) is 3.81. The zero-order valence-corrected chi connectivity index (χ0v) is 12.2. The zero-order valence-electron chi connectivity index (χ0n) is 11.5. The molecule has 0 heterocycles. The van der Waals surface area contributed by atoms with Crippen LogP contribution in [0.2, 0.25) is 5.02 Å². The van der Waals surface area contributed by atoms with E-state index < -0.39 is 0 Å². The monoisotopic (exact) mass is 288 g/mol. The Hall–Kier alpha value is -2.00. The fourth-order valence-corrected chi connectivity index (χ4v) is 2.27. The highest BCUT2D eigenvalue weighted by Crippen LogP contribution is 2.22. The minimum absolute atomic E-state index is 0.163. The Balaban J connectivity index is 2.15. The maximum atomic E-state index is 12.2. The Morgan fingerprint density at radius 1 is 1.25 bits per heavy atom. The summed E-state index contributed by atoms with van der Waals surface area (Å²) in [5.74, 6) is -0.163. The second-order valence-electron chi connectivity index (χ2n) is 4.79. The average Bonchev–Trinajstić information content (AvgIpc) is 2.42. The molecule has 1 amide bonds. The van der Waals surface area contributed by atoms with Gasteiger partial charge in [0.05, 0.1) is 6.04 Å². The number of hydrogen-bond donors (Lipinski definition) is 2. The molecule has 4 heteroatoms. The van der Waals surface area contributed by atoms with E-state index in [0.717, 1.165) is 11.1 Å². The van der Waals surface area contributed by atoms with E-state index in [9.17, 15) is 4.79 Å². The standard InChI is InChI=1S/C16H17ClN2O/c1-10-7-8-12(9-15(10)18)16(20)19-11(2)13-5-3-4-6-14(13)17/h3-9,11H,18H2,1-2H3,(H,19,20). The van der Waals surface area contributed by atoms with Crippen LogP contribution < -0.4 is 11.1 Å². The van der Waals surface area contributed by atoms with Crippen molar-refractivity contribution in [3.05, 3.63) is 64.2 Å². The number of benzene rings is 2. The van der Waals surface area contributed by atoms with E-state index >= 15 is 0 Å². The summed E-state index contributed by atoms with van der Waals surface area (Å²) in [7, 11) is 0. The van der Waals surface area contributed by atoms with Gasteiger partial charge in [0.15, 0.2) is 0 Å². The lowest BCUT2D eigenvalue weighted by molar-refractivity contribution is 0.0940. The molecule has 2 aromatic rings. The molecule has 0 saturated heterocycles. The van der Waals surface area contributed by atoms with Crippen molar-refractivity contribution in [2.75, 3.05) is 5.73 Å². The summed E-state index contributed by atoms with van der Waals surface area (Å²) in [6, 6.07) is 12.6. The molecule has 0 aliphatic heterocycles. The van der Waals surface area contributed by atoms with Gasteiger partial charge in [0.2, 0.25) is 0 Å². The third-order valence-electron chi connectivity index (χ3n) is 3.26. The Morgan fingerprint density at radius 3 is 2.60 bits per heavy atom. The van der Waals surface area contributed by atoms with Crippen molar-refractivity contribution in [1.82, 2.24) is 5.32 Å². The number of carbonyl (C=O) groups is 1. The fourth-order valence-electron chi connectivity index (χ4n) is 1.97. The zero-order chi connectivity index (χ0) is 14.7. The van der Waals surface area contributed by atoms with Gasteiger partial charge in [-0.2, -0.15) is 0 Å². The van der Waals surface area contributed by atoms with E-state index in [1.807, 2.05) is 44.2 Å². The molecule has 1 atom stereocenters. The van der Waals surface area contributed by atoms with Crippen LogP contribution in [0.1, 0.15) is 34.5 Å². The van der Waals surface area contributed by atoms with Crippen LogP contribution in [0.15, 0.2) is 42.5 Å². The molecule has 0 spiro atoms. The molecule has 3 nitrogen and oxygen atoms in total. The lowest BCUT2D eigenvalue weighted by Crippen LogP contribution is -2.26. The van der Waals surface area contributed by atoms with E-state index in [1.54, 1.807) is 12.1 Å². The maximum absolute atomic E-state index is 12.2. The van der Waals surface area contributed by atoms with Crippen LogP contribution in [0.5, 0.6) is 0 Å². The number of halogens is 1. The van der Waals surface area contributed by atoms with E-state index in [-0.39, 0.29) is 11.9 Å². The van der Waals surface area contributed by atoms with Crippen LogP contribution in [-0.4, -0.2) is 5.91 Å². The predicted octanol–water partition coefficient (Wildman–Crippen LogP) is 3.72. The molecule has 0 radical (unpaired) electrons. The lowest BCUT2D eigenvalue weighted by Gasteiger charge is -2.16. The number of aryl methyl sites for hydroxylation is 1. The summed E-state index contributed by atoms with van der Waals surface area (Å²) in [5.41, 5.74) is 8.84.